The molecule has 1 atom stereocenters. The van der Waals surface area contributed by atoms with Gasteiger partial charge in [0.25, 0.3) is 0 Å². The molecule has 4 nitrogen and oxygen atoms in total. The first kappa shape index (κ1) is 18.3. The van der Waals surface area contributed by atoms with Gasteiger partial charge in [0.2, 0.25) is 10.0 Å². The standard InChI is InChI=1S/C12H18Br2N2O2S2/c1-3-19-5-4-8(2)16-20(17,18)12-10(14)6-9(13)7-11(12)15/h6-8,16H,3-5,15H2,1-2H3. The molecule has 1 rings (SSSR count). The summed E-state index contributed by atoms with van der Waals surface area (Å²) in [6.07, 6.45) is 0.784. The van der Waals surface area contributed by atoms with E-state index in [0.717, 1.165) is 22.4 Å². The van der Waals surface area contributed by atoms with Crippen LogP contribution in [0.15, 0.2) is 26.0 Å². The highest BCUT2D eigenvalue weighted by atomic mass is 79.9. The van der Waals surface area contributed by atoms with Gasteiger partial charge in [0.05, 0.1) is 5.69 Å². The molecule has 0 aliphatic rings. The van der Waals surface area contributed by atoms with E-state index < -0.39 is 10.0 Å². The lowest BCUT2D eigenvalue weighted by Gasteiger charge is -2.16. The van der Waals surface area contributed by atoms with Crippen LogP contribution in [-0.2, 0) is 10.0 Å². The summed E-state index contributed by atoms with van der Waals surface area (Å²) in [7, 11) is -3.63. The second-order valence-corrected chi connectivity index (χ2v) is 9.13. The van der Waals surface area contributed by atoms with Gasteiger partial charge in [-0.2, -0.15) is 11.8 Å². The van der Waals surface area contributed by atoms with Crippen LogP contribution in [0.25, 0.3) is 0 Å². The van der Waals surface area contributed by atoms with Gasteiger partial charge in [-0.3, -0.25) is 0 Å². The van der Waals surface area contributed by atoms with Gasteiger partial charge in [-0.15, -0.1) is 0 Å². The molecule has 1 aromatic rings. The molecule has 0 aliphatic carbocycles. The number of hydrogen-bond acceptors (Lipinski definition) is 4. The van der Waals surface area contributed by atoms with Crippen LogP contribution >= 0.6 is 43.6 Å². The van der Waals surface area contributed by atoms with Crippen molar-refractivity contribution in [3.05, 3.63) is 21.1 Å². The average Bonchev–Trinajstić information content (AvgIpc) is 2.26. The van der Waals surface area contributed by atoms with E-state index in [0.29, 0.717) is 4.47 Å². The van der Waals surface area contributed by atoms with E-state index in [2.05, 4.69) is 43.5 Å². The number of nitrogen functional groups attached to an aromatic ring is 1. The summed E-state index contributed by atoms with van der Waals surface area (Å²) in [6, 6.07) is 3.12. The molecule has 1 aromatic carbocycles. The van der Waals surface area contributed by atoms with Gasteiger partial charge in [-0.25, -0.2) is 13.1 Å². The van der Waals surface area contributed by atoms with Crippen molar-refractivity contribution in [3.63, 3.8) is 0 Å². The van der Waals surface area contributed by atoms with Crippen molar-refractivity contribution in [2.24, 2.45) is 0 Å². The van der Waals surface area contributed by atoms with Gasteiger partial charge in [-0.05, 0) is 52.9 Å². The molecule has 0 aromatic heterocycles. The third-order valence-corrected chi connectivity index (χ3v) is 6.55. The van der Waals surface area contributed by atoms with Crippen molar-refractivity contribution < 1.29 is 8.42 Å². The summed E-state index contributed by atoms with van der Waals surface area (Å²) < 4.78 is 28.6. The SMILES string of the molecule is CCSCCC(C)NS(=O)(=O)c1c(N)cc(Br)cc1Br. The molecular formula is C12H18Br2N2O2S2. The summed E-state index contributed by atoms with van der Waals surface area (Å²) in [6.45, 7) is 3.94. The number of nitrogens with one attached hydrogen (secondary N) is 1. The number of benzene rings is 1. The number of hydrogen-bond donors (Lipinski definition) is 2. The third kappa shape index (κ3) is 5.22. The minimum atomic E-state index is -3.63. The first-order valence-corrected chi connectivity index (χ1v) is 10.3. The van der Waals surface area contributed by atoms with E-state index in [1.54, 1.807) is 23.9 Å². The zero-order chi connectivity index (χ0) is 15.3. The smallest absolute Gasteiger partial charge is 0.243 e. The molecule has 114 valence electrons. The van der Waals surface area contributed by atoms with Crippen molar-refractivity contribution >= 4 is 59.3 Å². The Labute approximate surface area is 141 Å². The van der Waals surface area contributed by atoms with Crippen LogP contribution in [0, 0.1) is 0 Å². The van der Waals surface area contributed by atoms with Crippen molar-refractivity contribution in [2.45, 2.75) is 31.2 Å². The molecule has 1 unspecified atom stereocenters. The fourth-order valence-corrected chi connectivity index (χ4v) is 5.81. The molecule has 0 amide bonds. The molecule has 0 saturated carbocycles. The first-order valence-electron chi connectivity index (χ1n) is 6.12. The maximum atomic E-state index is 12.4. The van der Waals surface area contributed by atoms with Crippen LogP contribution in [0.1, 0.15) is 20.3 Å². The van der Waals surface area contributed by atoms with Crippen LogP contribution in [0.5, 0.6) is 0 Å². The Morgan fingerprint density at radius 1 is 1.40 bits per heavy atom. The predicted molar refractivity (Wildman–Crippen MR) is 93.7 cm³/mol. The Morgan fingerprint density at radius 2 is 2.05 bits per heavy atom. The number of sulfonamides is 1. The Morgan fingerprint density at radius 3 is 2.60 bits per heavy atom. The molecule has 20 heavy (non-hydrogen) atoms. The van der Waals surface area contributed by atoms with Gasteiger partial charge in [-0.1, -0.05) is 22.9 Å². The van der Waals surface area contributed by atoms with Crippen molar-refractivity contribution in [1.29, 1.82) is 0 Å². The van der Waals surface area contributed by atoms with Crippen LogP contribution in [0.4, 0.5) is 5.69 Å². The molecule has 0 bridgehead atoms. The van der Waals surface area contributed by atoms with E-state index in [1.165, 1.54) is 0 Å². The average molecular weight is 446 g/mol. The summed E-state index contributed by atoms with van der Waals surface area (Å²) in [5, 5.41) is 0. The Hall–Kier alpha value is 0.240. The largest absolute Gasteiger partial charge is 0.398 e. The van der Waals surface area contributed by atoms with Gasteiger partial charge < -0.3 is 5.73 Å². The molecule has 3 N–H and O–H groups in total. The lowest BCUT2D eigenvalue weighted by molar-refractivity contribution is 0.557. The lowest BCUT2D eigenvalue weighted by Crippen LogP contribution is -2.33. The highest BCUT2D eigenvalue weighted by molar-refractivity contribution is 9.11. The molecule has 0 heterocycles. The Bertz CT molecular complexity index is 542. The molecule has 0 saturated heterocycles. The van der Waals surface area contributed by atoms with E-state index in [-0.39, 0.29) is 16.6 Å². The summed E-state index contributed by atoms with van der Waals surface area (Å²) in [5.74, 6) is 1.96. The van der Waals surface area contributed by atoms with Gasteiger partial charge >= 0.3 is 0 Å². The number of halogens is 2. The van der Waals surface area contributed by atoms with Gasteiger partial charge in [0, 0.05) is 15.0 Å². The minimum Gasteiger partial charge on any atom is -0.398 e. The van der Waals surface area contributed by atoms with Crippen molar-refractivity contribution in [1.82, 2.24) is 4.72 Å². The van der Waals surface area contributed by atoms with E-state index in [4.69, 9.17) is 5.73 Å². The second kappa shape index (κ2) is 8.03. The highest BCUT2D eigenvalue weighted by Crippen LogP contribution is 2.31. The predicted octanol–water partition coefficient (Wildman–Crippen LogP) is 3.60. The quantitative estimate of drug-likeness (QED) is 0.496. The zero-order valence-electron chi connectivity index (χ0n) is 11.3. The molecule has 0 radical (unpaired) electrons. The first-order chi connectivity index (χ1) is 9.27. The van der Waals surface area contributed by atoms with Crippen molar-refractivity contribution in [2.75, 3.05) is 17.2 Å². The zero-order valence-corrected chi connectivity index (χ0v) is 16.1. The normalized spacial score (nSPS) is 13.4. The van der Waals surface area contributed by atoms with E-state index in [9.17, 15) is 8.42 Å². The topological polar surface area (TPSA) is 72.2 Å². The van der Waals surface area contributed by atoms with Gasteiger partial charge in [0.1, 0.15) is 4.90 Å². The minimum absolute atomic E-state index is 0.0932. The van der Waals surface area contributed by atoms with Crippen LogP contribution in [-0.4, -0.2) is 26.0 Å². The molecule has 0 spiro atoms. The van der Waals surface area contributed by atoms with Gasteiger partial charge in [0.15, 0.2) is 0 Å². The third-order valence-electron chi connectivity index (χ3n) is 2.56. The molecule has 0 fully saturated rings. The molecule has 8 heteroatoms. The summed E-state index contributed by atoms with van der Waals surface area (Å²) >= 11 is 8.32. The van der Waals surface area contributed by atoms with Crippen LogP contribution < -0.4 is 10.5 Å². The fourth-order valence-electron chi connectivity index (χ4n) is 1.65. The summed E-state index contributed by atoms with van der Waals surface area (Å²) in [4.78, 5) is 0.0932. The number of thioether (sulfide) groups is 1. The Kier molecular flexibility index (Phi) is 7.34. The Balaban J connectivity index is 2.89. The number of rotatable bonds is 7. The van der Waals surface area contributed by atoms with E-state index in [1.807, 2.05) is 6.92 Å². The highest BCUT2D eigenvalue weighted by Gasteiger charge is 2.23. The maximum absolute atomic E-state index is 12.4. The van der Waals surface area contributed by atoms with Crippen LogP contribution in [0.3, 0.4) is 0 Å². The molecular weight excluding hydrogens is 428 g/mol. The summed E-state index contributed by atoms with van der Waals surface area (Å²) in [5.41, 5.74) is 6.04. The lowest BCUT2D eigenvalue weighted by atomic mass is 10.3. The van der Waals surface area contributed by atoms with Crippen LogP contribution in [0.2, 0.25) is 0 Å². The van der Waals surface area contributed by atoms with E-state index >= 15 is 0 Å². The van der Waals surface area contributed by atoms with Crippen molar-refractivity contribution in [3.8, 4) is 0 Å². The fraction of sp³-hybridized carbons (Fsp3) is 0.500. The maximum Gasteiger partial charge on any atom is 0.243 e. The second-order valence-electron chi connectivity index (χ2n) is 4.31. The number of nitrogens with two attached hydrogens (primary N) is 1. The number of anilines is 1. The monoisotopic (exact) mass is 444 g/mol. The molecule has 0 aliphatic heterocycles.